The third kappa shape index (κ3) is 5.20. The zero-order valence-electron chi connectivity index (χ0n) is 28.0. The fourth-order valence-electron chi connectivity index (χ4n) is 9.10. The zero-order valence-corrected chi connectivity index (χ0v) is 28.0. The number of nitrogens with zero attached hydrogens (tertiary/aromatic N) is 1. The van der Waals surface area contributed by atoms with Gasteiger partial charge in [-0.15, -0.1) is 0 Å². The zero-order chi connectivity index (χ0) is 32.6. The Labute approximate surface area is 262 Å². The van der Waals surface area contributed by atoms with E-state index in [0.29, 0.717) is 6.42 Å². The van der Waals surface area contributed by atoms with Crippen LogP contribution in [0.1, 0.15) is 110 Å². The maximum absolute atomic E-state index is 14.7. The fraction of sp³-hybridized carbons (Fsp3) is 0.595. The lowest BCUT2D eigenvalue weighted by atomic mass is 9.47. The third-order valence-electron chi connectivity index (χ3n) is 9.67. The SMILES string of the molecule is CC(C)OC(C)(C)CC(C)(C)C(=O)OCC12c3ccccc3C(c3ccccc31)C1C(=O)N(C(C)(C)CC(C)(C)O)C(=O)C12. The molecule has 7 heteroatoms. The number of likely N-dealkylation sites (tertiary alicyclic amines) is 1. The van der Waals surface area contributed by atoms with E-state index in [1.165, 1.54) is 4.90 Å². The fourth-order valence-corrected chi connectivity index (χ4v) is 9.10. The molecule has 1 heterocycles. The standard InChI is InChI=1S/C37H49NO6/c1-22(2)44-36(9,10)19-33(3,4)32(41)43-21-37-25-17-13-11-15-23(25)27(24-16-12-14-18-26(24)37)28-29(37)31(40)38(30(28)39)34(5,6)20-35(7,8)42/h11-18,22,27-29,42H,19-21H2,1-10H3. The van der Waals surface area contributed by atoms with E-state index in [4.69, 9.17) is 9.47 Å². The van der Waals surface area contributed by atoms with Crippen LogP contribution < -0.4 is 0 Å². The maximum atomic E-state index is 14.7. The highest BCUT2D eigenvalue weighted by Gasteiger charge is 2.70. The molecule has 238 valence electrons. The van der Waals surface area contributed by atoms with Gasteiger partial charge >= 0.3 is 5.97 Å². The molecule has 3 aliphatic carbocycles. The summed E-state index contributed by atoms with van der Waals surface area (Å²) in [6, 6.07) is 16.0. The first kappa shape index (κ1) is 32.4. The Morgan fingerprint density at radius 1 is 0.864 bits per heavy atom. The van der Waals surface area contributed by atoms with E-state index in [1.54, 1.807) is 13.8 Å². The van der Waals surface area contributed by atoms with Crippen LogP contribution in [0.25, 0.3) is 0 Å². The first-order valence-corrected chi connectivity index (χ1v) is 15.9. The Morgan fingerprint density at radius 3 is 1.89 bits per heavy atom. The van der Waals surface area contributed by atoms with Gasteiger partial charge in [0.05, 0.1) is 40.0 Å². The van der Waals surface area contributed by atoms with Gasteiger partial charge in [-0.05, 0) is 104 Å². The van der Waals surface area contributed by atoms with Crippen LogP contribution in [0.3, 0.4) is 0 Å². The molecule has 4 aliphatic rings. The quantitative estimate of drug-likeness (QED) is 0.259. The molecule has 2 amide bonds. The molecular weight excluding hydrogens is 554 g/mol. The summed E-state index contributed by atoms with van der Waals surface area (Å²) in [5, 5.41) is 10.7. The monoisotopic (exact) mass is 603 g/mol. The number of ether oxygens (including phenoxy) is 2. The van der Waals surface area contributed by atoms with Crippen LogP contribution in [-0.2, 0) is 29.3 Å². The molecule has 2 unspecified atom stereocenters. The Bertz CT molecular complexity index is 1430. The number of hydrogen-bond donors (Lipinski definition) is 1. The average molecular weight is 604 g/mol. The summed E-state index contributed by atoms with van der Waals surface area (Å²) in [5.41, 5.74) is -0.621. The van der Waals surface area contributed by atoms with Crippen molar-refractivity contribution < 1.29 is 29.0 Å². The third-order valence-corrected chi connectivity index (χ3v) is 9.67. The number of amides is 2. The molecule has 1 aliphatic heterocycles. The van der Waals surface area contributed by atoms with Crippen LogP contribution in [0.15, 0.2) is 48.5 Å². The average Bonchev–Trinajstić information content (AvgIpc) is 3.16. The van der Waals surface area contributed by atoms with Crippen molar-refractivity contribution in [2.45, 2.75) is 116 Å². The smallest absolute Gasteiger partial charge is 0.311 e. The van der Waals surface area contributed by atoms with Gasteiger partial charge in [0.15, 0.2) is 0 Å². The highest BCUT2D eigenvalue weighted by atomic mass is 16.5. The van der Waals surface area contributed by atoms with Gasteiger partial charge in [0.2, 0.25) is 11.8 Å². The highest BCUT2D eigenvalue weighted by molar-refractivity contribution is 6.09. The number of carbonyl (C=O) groups excluding carboxylic acids is 3. The summed E-state index contributed by atoms with van der Waals surface area (Å²) >= 11 is 0. The molecule has 7 nitrogen and oxygen atoms in total. The molecule has 0 spiro atoms. The number of hydrogen-bond acceptors (Lipinski definition) is 6. The Balaban J connectivity index is 1.61. The van der Waals surface area contributed by atoms with E-state index >= 15 is 0 Å². The first-order chi connectivity index (χ1) is 20.2. The largest absolute Gasteiger partial charge is 0.464 e. The van der Waals surface area contributed by atoms with Crippen LogP contribution in [0.2, 0.25) is 0 Å². The molecule has 0 radical (unpaired) electrons. The summed E-state index contributed by atoms with van der Waals surface area (Å²) in [6.07, 6.45) is 0.681. The first-order valence-electron chi connectivity index (χ1n) is 15.9. The molecule has 0 aromatic heterocycles. The molecule has 44 heavy (non-hydrogen) atoms. The second kappa shape index (κ2) is 10.5. The van der Waals surface area contributed by atoms with Crippen molar-refractivity contribution in [1.82, 2.24) is 4.90 Å². The van der Waals surface area contributed by atoms with Gasteiger partial charge in [-0.2, -0.15) is 0 Å². The summed E-state index contributed by atoms with van der Waals surface area (Å²) in [4.78, 5) is 44.5. The molecular formula is C37H49NO6. The van der Waals surface area contributed by atoms with Crippen LogP contribution in [-0.4, -0.2) is 57.2 Å². The van der Waals surface area contributed by atoms with Crippen molar-refractivity contribution in [2.75, 3.05) is 6.61 Å². The van der Waals surface area contributed by atoms with E-state index in [2.05, 4.69) is 0 Å². The second-order valence-corrected chi connectivity index (χ2v) is 16.0. The van der Waals surface area contributed by atoms with Gasteiger partial charge in [-0.3, -0.25) is 19.3 Å². The number of imide groups is 1. The molecule has 2 atom stereocenters. The predicted molar refractivity (Wildman–Crippen MR) is 169 cm³/mol. The normalized spacial score (nSPS) is 24.8. The van der Waals surface area contributed by atoms with Crippen LogP contribution in [0, 0.1) is 17.3 Å². The lowest BCUT2D eigenvalue weighted by Crippen LogP contribution is -2.57. The van der Waals surface area contributed by atoms with Gasteiger partial charge in [-0.25, -0.2) is 0 Å². The van der Waals surface area contributed by atoms with Crippen molar-refractivity contribution in [3.8, 4) is 0 Å². The topological polar surface area (TPSA) is 93.1 Å². The molecule has 2 aromatic rings. The van der Waals surface area contributed by atoms with Crippen LogP contribution in [0.5, 0.6) is 0 Å². The molecule has 1 saturated heterocycles. The van der Waals surface area contributed by atoms with Crippen molar-refractivity contribution >= 4 is 17.8 Å². The highest BCUT2D eigenvalue weighted by Crippen LogP contribution is 2.64. The van der Waals surface area contributed by atoms with Crippen molar-refractivity contribution in [2.24, 2.45) is 17.3 Å². The van der Waals surface area contributed by atoms with Gasteiger partial charge in [0, 0.05) is 11.5 Å². The molecule has 1 N–H and O–H groups in total. The minimum Gasteiger partial charge on any atom is -0.464 e. The van der Waals surface area contributed by atoms with E-state index < -0.39 is 39.4 Å². The van der Waals surface area contributed by atoms with Crippen LogP contribution >= 0.6 is 0 Å². The summed E-state index contributed by atoms with van der Waals surface area (Å²) in [5.74, 6) is -2.56. The molecule has 0 saturated carbocycles. The van der Waals surface area contributed by atoms with Gasteiger partial charge in [0.25, 0.3) is 0 Å². The summed E-state index contributed by atoms with van der Waals surface area (Å²) < 4.78 is 12.4. The van der Waals surface area contributed by atoms with E-state index in [-0.39, 0.29) is 42.8 Å². The Kier molecular flexibility index (Phi) is 7.74. The summed E-state index contributed by atoms with van der Waals surface area (Å²) in [7, 11) is 0. The minimum absolute atomic E-state index is 0.00703. The Hall–Kier alpha value is -3.03. The molecule has 2 aromatic carbocycles. The summed E-state index contributed by atoms with van der Waals surface area (Å²) in [6.45, 7) is 18.6. The van der Waals surface area contributed by atoms with E-state index in [1.807, 2.05) is 104 Å². The second-order valence-electron chi connectivity index (χ2n) is 16.0. The number of benzene rings is 2. The van der Waals surface area contributed by atoms with Crippen LogP contribution in [0.4, 0.5) is 0 Å². The van der Waals surface area contributed by atoms with Gasteiger partial charge in [-0.1, -0.05) is 48.5 Å². The molecule has 2 bridgehead atoms. The van der Waals surface area contributed by atoms with E-state index in [9.17, 15) is 19.5 Å². The number of rotatable bonds is 10. The molecule has 6 rings (SSSR count). The Morgan fingerprint density at radius 2 is 1.39 bits per heavy atom. The van der Waals surface area contributed by atoms with Crippen molar-refractivity contribution in [3.05, 3.63) is 70.8 Å². The number of carbonyl (C=O) groups is 3. The van der Waals surface area contributed by atoms with Gasteiger partial charge < -0.3 is 14.6 Å². The number of esters is 1. The number of aliphatic hydroxyl groups is 1. The van der Waals surface area contributed by atoms with Crippen molar-refractivity contribution in [3.63, 3.8) is 0 Å². The molecule has 1 fully saturated rings. The predicted octanol–water partition coefficient (Wildman–Crippen LogP) is 6.14. The minimum atomic E-state index is -1.09. The maximum Gasteiger partial charge on any atom is 0.311 e. The van der Waals surface area contributed by atoms with Crippen molar-refractivity contribution in [1.29, 1.82) is 0 Å². The lowest BCUT2D eigenvalue weighted by Gasteiger charge is -2.54. The van der Waals surface area contributed by atoms with E-state index in [0.717, 1.165) is 22.3 Å². The lowest BCUT2D eigenvalue weighted by molar-refractivity contribution is -0.163. The van der Waals surface area contributed by atoms with Gasteiger partial charge in [0.1, 0.15) is 6.61 Å².